The predicted molar refractivity (Wildman–Crippen MR) is 69.8 cm³/mol. The molecule has 0 saturated heterocycles. The Labute approximate surface area is 107 Å². The average Bonchev–Trinajstić information content (AvgIpc) is 3.01. The highest BCUT2D eigenvalue weighted by atomic mass is 16.3. The molecule has 4 nitrogen and oxygen atoms in total. The van der Waals surface area contributed by atoms with Crippen LogP contribution in [0.4, 0.5) is 0 Å². The average molecular weight is 243 g/mol. The zero-order valence-corrected chi connectivity index (χ0v) is 10.7. The van der Waals surface area contributed by atoms with Crippen LogP contribution in [0.1, 0.15) is 31.0 Å². The number of hydrogen-bond acceptors (Lipinski definition) is 3. The van der Waals surface area contributed by atoms with Crippen molar-refractivity contribution in [2.24, 2.45) is 7.05 Å². The van der Waals surface area contributed by atoms with Gasteiger partial charge in [-0.25, -0.2) is 4.98 Å². The third-order valence-corrected chi connectivity index (χ3v) is 2.72. The van der Waals surface area contributed by atoms with E-state index < -0.39 is 0 Å². The minimum atomic E-state index is -0.0290. The first kappa shape index (κ1) is 12.5. The van der Waals surface area contributed by atoms with E-state index in [1.165, 1.54) is 0 Å². The van der Waals surface area contributed by atoms with Crippen LogP contribution in [0.15, 0.2) is 35.2 Å². The van der Waals surface area contributed by atoms with Gasteiger partial charge in [0.25, 0.3) is 0 Å². The second kappa shape index (κ2) is 6.08. The molecule has 0 aromatic carbocycles. The van der Waals surface area contributed by atoms with E-state index in [2.05, 4.69) is 22.1 Å². The number of rotatable bonds is 5. The molecule has 0 bridgehead atoms. The third kappa shape index (κ3) is 2.82. The first-order valence-electron chi connectivity index (χ1n) is 5.96. The topological polar surface area (TPSA) is 43.0 Å². The van der Waals surface area contributed by atoms with Gasteiger partial charge in [-0.15, -0.1) is 11.8 Å². The van der Waals surface area contributed by atoms with Crippen molar-refractivity contribution in [2.75, 3.05) is 6.54 Å². The minimum absolute atomic E-state index is 0.0290. The van der Waals surface area contributed by atoms with Crippen molar-refractivity contribution in [3.8, 4) is 11.8 Å². The lowest BCUT2D eigenvalue weighted by atomic mass is 10.2. The monoisotopic (exact) mass is 243 g/mol. The van der Waals surface area contributed by atoms with Gasteiger partial charge in [0.2, 0.25) is 0 Å². The molecule has 0 amide bonds. The maximum Gasteiger partial charge on any atom is 0.133 e. The Kier molecular flexibility index (Phi) is 4.21. The summed E-state index contributed by atoms with van der Waals surface area (Å²) >= 11 is 0. The zero-order valence-electron chi connectivity index (χ0n) is 10.7. The van der Waals surface area contributed by atoms with Crippen LogP contribution >= 0.6 is 0 Å². The van der Waals surface area contributed by atoms with Crippen LogP contribution in [-0.4, -0.2) is 16.1 Å². The SMILES string of the molecule is CC#CCCNC(c1ccco1)c1nccn1C. The molecule has 0 radical (unpaired) electrons. The van der Waals surface area contributed by atoms with Crippen LogP contribution in [-0.2, 0) is 7.05 Å². The second-order valence-corrected chi connectivity index (χ2v) is 3.98. The lowest BCUT2D eigenvalue weighted by molar-refractivity contribution is 0.433. The summed E-state index contributed by atoms with van der Waals surface area (Å²) in [5.41, 5.74) is 0. The van der Waals surface area contributed by atoms with Crippen LogP contribution in [0.2, 0.25) is 0 Å². The highest BCUT2D eigenvalue weighted by Gasteiger charge is 2.19. The van der Waals surface area contributed by atoms with Gasteiger partial charge >= 0.3 is 0 Å². The van der Waals surface area contributed by atoms with E-state index >= 15 is 0 Å². The molecule has 2 aromatic heterocycles. The molecular formula is C14H17N3O. The number of aryl methyl sites for hydroxylation is 1. The molecule has 94 valence electrons. The van der Waals surface area contributed by atoms with Gasteiger partial charge in [0.15, 0.2) is 0 Å². The Morgan fingerprint density at radius 1 is 1.56 bits per heavy atom. The molecule has 18 heavy (non-hydrogen) atoms. The quantitative estimate of drug-likeness (QED) is 0.646. The van der Waals surface area contributed by atoms with Gasteiger partial charge in [-0.1, -0.05) is 0 Å². The third-order valence-electron chi connectivity index (χ3n) is 2.72. The molecule has 1 N–H and O–H groups in total. The maximum absolute atomic E-state index is 5.48. The molecule has 2 rings (SSSR count). The summed E-state index contributed by atoms with van der Waals surface area (Å²) in [6.07, 6.45) is 6.22. The van der Waals surface area contributed by atoms with Gasteiger partial charge in [-0.2, -0.15) is 0 Å². The summed E-state index contributed by atoms with van der Waals surface area (Å²) in [7, 11) is 1.98. The largest absolute Gasteiger partial charge is 0.467 e. The smallest absolute Gasteiger partial charge is 0.133 e. The van der Waals surface area contributed by atoms with Crippen LogP contribution in [0.5, 0.6) is 0 Å². The van der Waals surface area contributed by atoms with E-state index in [-0.39, 0.29) is 6.04 Å². The molecule has 0 fully saturated rings. The number of nitrogens with one attached hydrogen (secondary N) is 1. The molecule has 0 spiro atoms. The molecule has 0 aliphatic heterocycles. The highest BCUT2D eigenvalue weighted by molar-refractivity contribution is 5.15. The summed E-state index contributed by atoms with van der Waals surface area (Å²) < 4.78 is 7.47. The van der Waals surface area contributed by atoms with Gasteiger partial charge in [0.05, 0.1) is 6.26 Å². The van der Waals surface area contributed by atoms with Crippen LogP contribution in [0.25, 0.3) is 0 Å². The molecule has 4 heteroatoms. The van der Waals surface area contributed by atoms with Crippen molar-refractivity contribution in [1.29, 1.82) is 0 Å². The first-order chi connectivity index (χ1) is 8.83. The van der Waals surface area contributed by atoms with Crippen molar-refractivity contribution < 1.29 is 4.42 Å². The van der Waals surface area contributed by atoms with Crippen molar-refractivity contribution in [3.05, 3.63) is 42.4 Å². The predicted octanol–water partition coefficient (Wildman–Crippen LogP) is 2.11. The number of aromatic nitrogens is 2. The van der Waals surface area contributed by atoms with E-state index in [9.17, 15) is 0 Å². The van der Waals surface area contributed by atoms with Gasteiger partial charge in [0, 0.05) is 32.4 Å². The van der Waals surface area contributed by atoms with Gasteiger partial charge < -0.3 is 14.3 Å². The van der Waals surface area contributed by atoms with E-state index in [4.69, 9.17) is 4.42 Å². The van der Waals surface area contributed by atoms with Gasteiger partial charge in [0.1, 0.15) is 17.6 Å². The molecule has 2 aromatic rings. The fraction of sp³-hybridized carbons (Fsp3) is 0.357. The molecule has 0 aliphatic carbocycles. The number of nitrogens with zero attached hydrogens (tertiary/aromatic N) is 2. The van der Waals surface area contributed by atoms with Crippen LogP contribution in [0.3, 0.4) is 0 Å². The lowest BCUT2D eigenvalue weighted by Crippen LogP contribution is -2.25. The van der Waals surface area contributed by atoms with Crippen molar-refractivity contribution in [3.63, 3.8) is 0 Å². The zero-order chi connectivity index (χ0) is 12.8. The molecule has 2 heterocycles. The maximum atomic E-state index is 5.48. The molecule has 1 atom stereocenters. The van der Waals surface area contributed by atoms with E-state index in [0.717, 1.165) is 24.6 Å². The summed E-state index contributed by atoms with van der Waals surface area (Å²) in [4.78, 5) is 4.38. The second-order valence-electron chi connectivity index (χ2n) is 3.98. The first-order valence-corrected chi connectivity index (χ1v) is 5.96. The fourth-order valence-corrected chi connectivity index (χ4v) is 1.83. The highest BCUT2D eigenvalue weighted by Crippen LogP contribution is 2.20. The Balaban J connectivity index is 2.13. The van der Waals surface area contributed by atoms with Crippen LogP contribution in [0, 0.1) is 11.8 Å². The van der Waals surface area contributed by atoms with E-state index in [1.807, 2.05) is 36.9 Å². The molecule has 1 unspecified atom stereocenters. The molecule has 0 saturated carbocycles. The van der Waals surface area contributed by atoms with Gasteiger partial charge in [-0.3, -0.25) is 0 Å². The molecule has 0 aliphatic rings. The standard InChI is InChI=1S/C14H17N3O/c1-3-4-5-8-15-13(12-7-6-11-18-12)14-16-9-10-17(14)2/h6-7,9-11,13,15H,5,8H2,1-2H3. The Morgan fingerprint density at radius 3 is 3.06 bits per heavy atom. The van der Waals surface area contributed by atoms with Crippen molar-refractivity contribution in [2.45, 2.75) is 19.4 Å². The van der Waals surface area contributed by atoms with Crippen molar-refractivity contribution in [1.82, 2.24) is 14.9 Å². The van der Waals surface area contributed by atoms with Crippen LogP contribution < -0.4 is 5.32 Å². The normalized spacial score (nSPS) is 11.9. The number of furan rings is 1. The Hall–Kier alpha value is -1.99. The van der Waals surface area contributed by atoms with E-state index in [0.29, 0.717) is 0 Å². The van der Waals surface area contributed by atoms with Crippen molar-refractivity contribution >= 4 is 0 Å². The lowest BCUT2D eigenvalue weighted by Gasteiger charge is -2.15. The van der Waals surface area contributed by atoms with E-state index in [1.54, 1.807) is 12.5 Å². The number of hydrogen-bond donors (Lipinski definition) is 1. The van der Waals surface area contributed by atoms with Gasteiger partial charge in [-0.05, 0) is 19.1 Å². The Bertz CT molecular complexity index is 531. The minimum Gasteiger partial charge on any atom is -0.467 e. The summed E-state index contributed by atoms with van der Waals surface area (Å²) in [5, 5.41) is 3.42. The Morgan fingerprint density at radius 2 is 2.44 bits per heavy atom. The fourth-order valence-electron chi connectivity index (χ4n) is 1.83. The summed E-state index contributed by atoms with van der Waals surface area (Å²) in [5.74, 6) is 7.74. The molecular weight excluding hydrogens is 226 g/mol. The number of imidazole rings is 1. The summed E-state index contributed by atoms with van der Waals surface area (Å²) in [6, 6.07) is 3.81. The summed E-state index contributed by atoms with van der Waals surface area (Å²) in [6.45, 7) is 2.65.